The van der Waals surface area contributed by atoms with Gasteiger partial charge in [-0.1, -0.05) is 12.1 Å². The topological polar surface area (TPSA) is 53.0 Å². The highest BCUT2D eigenvalue weighted by molar-refractivity contribution is 5.94. The Labute approximate surface area is 163 Å². The predicted octanol–water partition coefficient (Wildman–Crippen LogP) is 2.72. The highest BCUT2D eigenvalue weighted by Crippen LogP contribution is 2.22. The molecule has 5 heteroatoms. The molecule has 1 N–H and O–H groups in total. The molecule has 2 saturated heterocycles. The maximum Gasteiger partial charge on any atom is 0.254 e. The number of morpholine rings is 1. The number of piperidine rings is 1. The van der Waals surface area contributed by atoms with Gasteiger partial charge in [-0.05, 0) is 63.6 Å². The number of aliphatic hydroxyl groups is 1. The average Bonchev–Trinajstić information content (AvgIpc) is 2.67. The van der Waals surface area contributed by atoms with Crippen molar-refractivity contribution in [3.8, 4) is 0 Å². The Hall–Kier alpha value is -1.43. The molecule has 1 atom stereocenters. The van der Waals surface area contributed by atoms with Crippen LogP contribution in [0.1, 0.15) is 55.5 Å². The van der Waals surface area contributed by atoms with E-state index in [0.29, 0.717) is 12.5 Å². The lowest BCUT2D eigenvalue weighted by atomic mass is 9.96. The first kappa shape index (κ1) is 20.3. The number of carbonyl (C=O) groups is 1. The number of hydrogen-bond acceptors (Lipinski definition) is 4. The first-order valence-corrected chi connectivity index (χ1v) is 10.3. The van der Waals surface area contributed by atoms with E-state index in [1.54, 1.807) is 0 Å². The molecule has 1 aromatic rings. The Morgan fingerprint density at radius 2 is 2.00 bits per heavy atom. The van der Waals surface area contributed by atoms with Gasteiger partial charge in [-0.3, -0.25) is 9.69 Å². The lowest BCUT2D eigenvalue weighted by Gasteiger charge is -2.39. The second-order valence-electron chi connectivity index (χ2n) is 8.57. The van der Waals surface area contributed by atoms with E-state index in [1.807, 2.05) is 38.1 Å². The van der Waals surface area contributed by atoms with Crippen LogP contribution in [0.25, 0.3) is 0 Å². The maximum atomic E-state index is 13.2. The van der Waals surface area contributed by atoms with Crippen LogP contribution >= 0.6 is 0 Å². The Morgan fingerprint density at radius 1 is 1.22 bits per heavy atom. The van der Waals surface area contributed by atoms with E-state index in [4.69, 9.17) is 4.74 Å². The summed E-state index contributed by atoms with van der Waals surface area (Å²) >= 11 is 0. The van der Waals surface area contributed by atoms with Gasteiger partial charge in [0.05, 0.1) is 18.8 Å². The molecule has 0 radical (unpaired) electrons. The molecule has 1 aromatic carbocycles. The SMILES string of the molecule is CC(C)(O)CCc1cccc(C(=O)N2CCCC[C@H]2CN2CCOCC2)c1. The summed E-state index contributed by atoms with van der Waals surface area (Å²) in [4.78, 5) is 17.8. The van der Waals surface area contributed by atoms with Gasteiger partial charge in [0.1, 0.15) is 0 Å². The molecule has 2 heterocycles. The van der Waals surface area contributed by atoms with Crippen molar-refractivity contribution in [1.82, 2.24) is 9.80 Å². The molecular weight excluding hydrogens is 340 g/mol. The van der Waals surface area contributed by atoms with Crippen LogP contribution in [-0.2, 0) is 11.2 Å². The lowest BCUT2D eigenvalue weighted by Crippen LogP contribution is -2.51. The van der Waals surface area contributed by atoms with E-state index < -0.39 is 5.60 Å². The molecule has 3 rings (SSSR count). The summed E-state index contributed by atoms with van der Waals surface area (Å²) in [5.41, 5.74) is 1.21. The first-order valence-electron chi connectivity index (χ1n) is 10.3. The van der Waals surface area contributed by atoms with Crippen LogP contribution in [0, 0.1) is 0 Å². The normalized spacial score (nSPS) is 22.0. The predicted molar refractivity (Wildman–Crippen MR) is 107 cm³/mol. The van der Waals surface area contributed by atoms with E-state index in [-0.39, 0.29) is 5.91 Å². The number of carbonyl (C=O) groups excluding carboxylic acids is 1. The van der Waals surface area contributed by atoms with Crippen LogP contribution in [0.2, 0.25) is 0 Å². The smallest absolute Gasteiger partial charge is 0.254 e. The Morgan fingerprint density at radius 3 is 2.74 bits per heavy atom. The van der Waals surface area contributed by atoms with Crippen molar-refractivity contribution >= 4 is 5.91 Å². The second kappa shape index (κ2) is 9.18. The van der Waals surface area contributed by atoms with E-state index in [2.05, 4.69) is 9.80 Å². The minimum Gasteiger partial charge on any atom is -0.390 e. The van der Waals surface area contributed by atoms with Gasteiger partial charge < -0.3 is 14.7 Å². The minimum absolute atomic E-state index is 0.151. The Kier molecular flexibility index (Phi) is 6.90. The van der Waals surface area contributed by atoms with Crippen LogP contribution in [0.5, 0.6) is 0 Å². The van der Waals surface area contributed by atoms with E-state index in [0.717, 1.165) is 69.8 Å². The number of hydrogen-bond donors (Lipinski definition) is 1. The number of aryl methyl sites for hydroxylation is 1. The number of benzene rings is 1. The monoisotopic (exact) mass is 374 g/mol. The van der Waals surface area contributed by atoms with Crippen molar-refractivity contribution in [1.29, 1.82) is 0 Å². The van der Waals surface area contributed by atoms with Gasteiger partial charge in [0.2, 0.25) is 0 Å². The van der Waals surface area contributed by atoms with Crippen LogP contribution < -0.4 is 0 Å². The van der Waals surface area contributed by atoms with Crippen molar-refractivity contribution in [2.24, 2.45) is 0 Å². The van der Waals surface area contributed by atoms with Gasteiger partial charge in [-0.25, -0.2) is 0 Å². The van der Waals surface area contributed by atoms with E-state index in [1.165, 1.54) is 6.42 Å². The zero-order valence-electron chi connectivity index (χ0n) is 16.8. The van der Waals surface area contributed by atoms with Crippen LogP contribution in [0.3, 0.4) is 0 Å². The summed E-state index contributed by atoms with van der Waals surface area (Å²) in [6.07, 6.45) is 4.84. The van der Waals surface area contributed by atoms with Crippen LogP contribution in [0.15, 0.2) is 24.3 Å². The second-order valence-corrected chi connectivity index (χ2v) is 8.57. The summed E-state index contributed by atoms with van der Waals surface area (Å²) in [5.74, 6) is 0.151. The Balaban J connectivity index is 1.66. The van der Waals surface area contributed by atoms with Crippen LogP contribution in [0.4, 0.5) is 0 Å². The summed E-state index contributed by atoms with van der Waals surface area (Å²) in [6, 6.07) is 8.24. The fourth-order valence-corrected chi connectivity index (χ4v) is 4.02. The highest BCUT2D eigenvalue weighted by atomic mass is 16.5. The standard InChI is InChI=1S/C22H34N2O3/c1-22(2,26)10-9-18-6-5-7-19(16-18)21(25)24-11-4-3-8-20(24)17-23-12-14-27-15-13-23/h5-7,16,20,26H,3-4,8-15,17H2,1-2H3/t20-/m0/s1. The van der Waals surface area contributed by atoms with Gasteiger partial charge in [0.25, 0.3) is 5.91 Å². The van der Waals surface area contributed by atoms with Crippen molar-refractivity contribution in [3.63, 3.8) is 0 Å². The van der Waals surface area contributed by atoms with Crippen molar-refractivity contribution in [2.75, 3.05) is 39.4 Å². The summed E-state index contributed by atoms with van der Waals surface area (Å²) in [6.45, 7) is 8.97. The minimum atomic E-state index is -0.684. The molecular formula is C22H34N2O3. The zero-order valence-corrected chi connectivity index (χ0v) is 16.8. The fraction of sp³-hybridized carbons (Fsp3) is 0.682. The molecule has 0 aromatic heterocycles. The summed E-state index contributed by atoms with van der Waals surface area (Å²) < 4.78 is 5.45. The molecule has 0 spiro atoms. The van der Waals surface area contributed by atoms with Crippen LogP contribution in [-0.4, -0.2) is 71.8 Å². The van der Waals surface area contributed by atoms with Crippen molar-refractivity contribution < 1.29 is 14.6 Å². The summed E-state index contributed by atoms with van der Waals surface area (Å²) in [7, 11) is 0. The van der Waals surface area contributed by atoms with Gasteiger partial charge in [-0.2, -0.15) is 0 Å². The third kappa shape index (κ3) is 6.03. The number of ether oxygens (including phenoxy) is 1. The Bertz CT molecular complexity index is 620. The number of likely N-dealkylation sites (tertiary alicyclic amines) is 1. The molecule has 0 aliphatic carbocycles. The molecule has 0 bridgehead atoms. The molecule has 150 valence electrons. The van der Waals surface area contributed by atoms with Crippen molar-refractivity contribution in [3.05, 3.63) is 35.4 Å². The van der Waals surface area contributed by atoms with Gasteiger partial charge >= 0.3 is 0 Å². The molecule has 5 nitrogen and oxygen atoms in total. The average molecular weight is 375 g/mol. The van der Waals surface area contributed by atoms with Gasteiger partial charge in [-0.15, -0.1) is 0 Å². The van der Waals surface area contributed by atoms with Crippen molar-refractivity contribution in [2.45, 2.75) is 57.6 Å². The molecule has 0 saturated carbocycles. The molecule has 2 aliphatic rings. The number of amides is 1. The third-order valence-corrected chi connectivity index (χ3v) is 5.66. The molecule has 2 aliphatic heterocycles. The third-order valence-electron chi connectivity index (χ3n) is 5.66. The molecule has 27 heavy (non-hydrogen) atoms. The molecule has 1 amide bonds. The molecule has 2 fully saturated rings. The fourth-order valence-electron chi connectivity index (χ4n) is 4.02. The maximum absolute atomic E-state index is 13.2. The quantitative estimate of drug-likeness (QED) is 0.832. The molecule has 0 unspecified atom stereocenters. The number of nitrogens with zero attached hydrogens (tertiary/aromatic N) is 2. The van der Waals surface area contributed by atoms with E-state index in [9.17, 15) is 9.90 Å². The lowest BCUT2D eigenvalue weighted by molar-refractivity contribution is 0.0166. The van der Waals surface area contributed by atoms with E-state index >= 15 is 0 Å². The van der Waals surface area contributed by atoms with Gasteiger partial charge in [0.15, 0.2) is 0 Å². The number of rotatable bonds is 6. The van der Waals surface area contributed by atoms with Gasteiger partial charge in [0, 0.05) is 37.8 Å². The zero-order chi connectivity index (χ0) is 19.3. The highest BCUT2D eigenvalue weighted by Gasteiger charge is 2.29. The first-order chi connectivity index (χ1) is 12.9. The summed E-state index contributed by atoms with van der Waals surface area (Å²) in [5, 5.41) is 9.96. The largest absolute Gasteiger partial charge is 0.390 e.